The average molecular weight is 490 g/mol. The Morgan fingerprint density at radius 1 is 0.943 bits per heavy atom. The number of benzene rings is 3. The van der Waals surface area contributed by atoms with Gasteiger partial charge in [0.15, 0.2) is 0 Å². The van der Waals surface area contributed by atoms with Crippen molar-refractivity contribution in [2.24, 2.45) is 0 Å². The first kappa shape index (κ1) is 23.7. The highest BCUT2D eigenvalue weighted by atomic mass is 35.5. The molecular weight excluding hydrogens is 470 g/mol. The summed E-state index contributed by atoms with van der Waals surface area (Å²) in [4.78, 5) is 31.8. The molecule has 0 fully saturated rings. The van der Waals surface area contributed by atoms with E-state index in [1.807, 2.05) is 60.7 Å². The van der Waals surface area contributed by atoms with Crippen molar-refractivity contribution in [2.45, 2.75) is 12.0 Å². The van der Waals surface area contributed by atoms with E-state index in [1.165, 1.54) is 0 Å². The molecule has 1 unspecified atom stereocenters. The number of nitrogens with zero attached hydrogens (tertiary/aromatic N) is 3. The molecular formula is C25H20ClN5O4. The monoisotopic (exact) mass is 489 g/mol. The summed E-state index contributed by atoms with van der Waals surface area (Å²) in [5, 5.41) is 28.2. The van der Waals surface area contributed by atoms with Crippen molar-refractivity contribution in [3.05, 3.63) is 117 Å². The molecule has 4 rings (SSSR count). The maximum absolute atomic E-state index is 12.5. The van der Waals surface area contributed by atoms with Crippen LogP contribution in [-0.2, 0) is 4.79 Å². The van der Waals surface area contributed by atoms with Crippen LogP contribution in [-0.4, -0.2) is 32.0 Å². The van der Waals surface area contributed by atoms with Crippen molar-refractivity contribution in [1.82, 2.24) is 9.97 Å². The van der Waals surface area contributed by atoms with E-state index in [2.05, 4.69) is 20.6 Å². The van der Waals surface area contributed by atoms with Crippen LogP contribution in [0.3, 0.4) is 0 Å². The van der Waals surface area contributed by atoms with Gasteiger partial charge in [0.05, 0.1) is 4.92 Å². The Morgan fingerprint density at radius 3 is 2.03 bits per heavy atom. The van der Waals surface area contributed by atoms with Crippen LogP contribution < -0.4 is 10.6 Å². The number of carboxylic acids is 1. The van der Waals surface area contributed by atoms with Crippen LogP contribution in [0.4, 0.5) is 23.1 Å². The third-order valence-corrected chi connectivity index (χ3v) is 5.53. The Labute approximate surface area is 205 Å². The number of anilines is 3. The smallest absolute Gasteiger partial charge is 0.329 e. The predicted molar refractivity (Wildman–Crippen MR) is 133 cm³/mol. The van der Waals surface area contributed by atoms with E-state index < -0.39 is 28.5 Å². The van der Waals surface area contributed by atoms with Crippen LogP contribution in [0.25, 0.3) is 0 Å². The topological polar surface area (TPSA) is 130 Å². The number of nitro groups is 1. The molecule has 1 heterocycles. The minimum absolute atomic E-state index is 0.0560. The van der Waals surface area contributed by atoms with E-state index in [-0.39, 0.29) is 11.8 Å². The number of nitrogens with one attached hydrogen (secondary N) is 2. The SMILES string of the molecule is O=C(O)C(Nc1nc(Nc2ccc(Cl)cc2)ncc1[N+](=O)[O-])C(c1ccccc1)c1ccccc1. The molecule has 0 amide bonds. The van der Waals surface area contributed by atoms with Gasteiger partial charge in [-0.3, -0.25) is 10.1 Å². The quantitative estimate of drug-likeness (QED) is 0.208. The average Bonchev–Trinajstić information content (AvgIpc) is 2.86. The van der Waals surface area contributed by atoms with Crippen molar-refractivity contribution in [3.8, 4) is 0 Å². The Morgan fingerprint density at radius 2 is 1.51 bits per heavy atom. The zero-order valence-electron chi connectivity index (χ0n) is 18.2. The predicted octanol–water partition coefficient (Wildman–Crippen LogP) is 5.48. The first-order valence-corrected chi connectivity index (χ1v) is 10.9. The first-order valence-electron chi connectivity index (χ1n) is 10.6. The highest BCUT2D eigenvalue weighted by Crippen LogP contribution is 2.32. The number of rotatable bonds is 9. The number of hydrogen-bond donors (Lipinski definition) is 3. The molecule has 35 heavy (non-hydrogen) atoms. The zero-order valence-corrected chi connectivity index (χ0v) is 19.0. The second-order valence-corrected chi connectivity index (χ2v) is 8.01. The fraction of sp³-hybridized carbons (Fsp3) is 0.0800. The summed E-state index contributed by atoms with van der Waals surface area (Å²) in [6, 6.07) is 23.6. The third kappa shape index (κ3) is 5.71. The van der Waals surface area contributed by atoms with Crippen LogP contribution in [0.5, 0.6) is 0 Å². The minimum Gasteiger partial charge on any atom is -0.480 e. The van der Waals surface area contributed by atoms with Gasteiger partial charge in [0.1, 0.15) is 12.2 Å². The Hall–Kier alpha value is -4.50. The zero-order chi connectivity index (χ0) is 24.8. The highest BCUT2D eigenvalue weighted by Gasteiger charge is 2.33. The van der Waals surface area contributed by atoms with E-state index in [1.54, 1.807) is 24.3 Å². The minimum atomic E-state index is -1.27. The molecule has 0 saturated heterocycles. The maximum Gasteiger partial charge on any atom is 0.329 e. The van der Waals surface area contributed by atoms with Gasteiger partial charge in [0.2, 0.25) is 11.8 Å². The van der Waals surface area contributed by atoms with E-state index in [4.69, 9.17) is 11.6 Å². The van der Waals surface area contributed by atoms with Crippen LogP contribution in [0, 0.1) is 10.1 Å². The molecule has 10 heteroatoms. The van der Waals surface area contributed by atoms with Gasteiger partial charge in [-0.25, -0.2) is 9.78 Å². The molecule has 4 aromatic rings. The second-order valence-electron chi connectivity index (χ2n) is 7.58. The lowest BCUT2D eigenvalue weighted by molar-refractivity contribution is -0.384. The lowest BCUT2D eigenvalue weighted by Gasteiger charge is -2.26. The third-order valence-electron chi connectivity index (χ3n) is 5.28. The number of halogens is 1. The molecule has 0 aliphatic carbocycles. The molecule has 0 radical (unpaired) electrons. The molecule has 0 spiro atoms. The number of aromatic nitrogens is 2. The van der Waals surface area contributed by atoms with Gasteiger partial charge >= 0.3 is 11.7 Å². The van der Waals surface area contributed by atoms with Gasteiger partial charge in [-0.2, -0.15) is 4.98 Å². The molecule has 3 aromatic carbocycles. The Bertz CT molecular complexity index is 1280. The summed E-state index contributed by atoms with van der Waals surface area (Å²) >= 11 is 5.91. The molecule has 0 aliphatic heterocycles. The number of carbonyl (C=O) groups is 1. The van der Waals surface area contributed by atoms with E-state index in [0.717, 1.165) is 17.3 Å². The van der Waals surface area contributed by atoms with Crippen molar-refractivity contribution in [3.63, 3.8) is 0 Å². The molecule has 1 aromatic heterocycles. The van der Waals surface area contributed by atoms with Crippen LogP contribution in [0.1, 0.15) is 17.0 Å². The summed E-state index contributed by atoms with van der Waals surface area (Å²) in [6.45, 7) is 0. The maximum atomic E-state index is 12.5. The summed E-state index contributed by atoms with van der Waals surface area (Å²) in [6.07, 6.45) is 1.03. The number of hydrogen-bond acceptors (Lipinski definition) is 7. The lowest BCUT2D eigenvalue weighted by atomic mass is 9.85. The molecule has 3 N–H and O–H groups in total. The van der Waals surface area contributed by atoms with Gasteiger partial charge in [-0.15, -0.1) is 0 Å². The number of aliphatic carboxylic acids is 1. The number of carboxylic acid groups (broad SMARTS) is 1. The van der Waals surface area contributed by atoms with Crippen LogP contribution in [0.15, 0.2) is 91.1 Å². The lowest BCUT2D eigenvalue weighted by Crippen LogP contribution is -2.37. The van der Waals surface area contributed by atoms with E-state index in [0.29, 0.717) is 10.7 Å². The Balaban J connectivity index is 1.74. The fourth-order valence-electron chi connectivity index (χ4n) is 3.67. The van der Waals surface area contributed by atoms with Gasteiger partial charge in [0, 0.05) is 16.6 Å². The highest BCUT2D eigenvalue weighted by molar-refractivity contribution is 6.30. The largest absolute Gasteiger partial charge is 0.480 e. The van der Waals surface area contributed by atoms with Crippen LogP contribution >= 0.6 is 11.6 Å². The van der Waals surface area contributed by atoms with Gasteiger partial charge in [-0.1, -0.05) is 72.3 Å². The molecule has 0 saturated carbocycles. The van der Waals surface area contributed by atoms with Gasteiger partial charge < -0.3 is 15.7 Å². The normalized spacial score (nSPS) is 11.6. The fourth-order valence-corrected chi connectivity index (χ4v) is 3.80. The van der Waals surface area contributed by atoms with Crippen molar-refractivity contribution in [2.75, 3.05) is 10.6 Å². The standard InChI is InChI=1S/C25H20ClN5O4/c26-18-11-13-19(14-12-18)28-25-27-15-20(31(34)35)23(30-25)29-22(24(32)33)21(16-7-3-1-4-8-16)17-9-5-2-6-10-17/h1-15,21-22H,(H,32,33)(H2,27,28,29,30). The second kappa shape index (κ2) is 10.6. The van der Waals surface area contributed by atoms with Crippen molar-refractivity contribution >= 4 is 40.7 Å². The molecule has 9 nitrogen and oxygen atoms in total. The summed E-state index contributed by atoms with van der Waals surface area (Å²) in [5.41, 5.74) is 1.62. The molecule has 0 bridgehead atoms. The van der Waals surface area contributed by atoms with Crippen molar-refractivity contribution < 1.29 is 14.8 Å². The van der Waals surface area contributed by atoms with Crippen molar-refractivity contribution in [1.29, 1.82) is 0 Å². The van der Waals surface area contributed by atoms with Crippen LogP contribution in [0.2, 0.25) is 5.02 Å². The summed E-state index contributed by atoms with van der Waals surface area (Å²) in [5.74, 6) is -2.01. The molecule has 176 valence electrons. The van der Waals surface area contributed by atoms with Gasteiger partial charge in [-0.05, 0) is 35.4 Å². The van der Waals surface area contributed by atoms with Gasteiger partial charge in [0.25, 0.3) is 0 Å². The first-order chi connectivity index (χ1) is 16.9. The summed E-state index contributed by atoms with van der Waals surface area (Å²) < 4.78 is 0. The molecule has 0 aliphatic rings. The Kier molecular flexibility index (Phi) is 7.18. The summed E-state index contributed by atoms with van der Waals surface area (Å²) in [7, 11) is 0. The van der Waals surface area contributed by atoms with E-state index >= 15 is 0 Å². The van der Waals surface area contributed by atoms with E-state index in [9.17, 15) is 20.0 Å². The molecule has 1 atom stereocenters.